The highest BCUT2D eigenvalue weighted by Gasteiger charge is 2.08. The Morgan fingerprint density at radius 1 is 1.06 bits per heavy atom. The standard InChI is InChI=1S/C13H19N3O2/c1-2-5-12(17)15-10-6-3-4-7-11(10)16-13(18)8-9-14/h3-4,6-7H,2,5,8-9,14H2,1H3,(H,15,17)(H,16,18). The molecule has 0 aliphatic heterocycles. The molecular weight excluding hydrogens is 230 g/mol. The molecule has 98 valence electrons. The van der Waals surface area contributed by atoms with Gasteiger partial charge in [-0.2, -0.15) is 0 Å². The first-order valence-electron chi connectivity index (χ1n) is 6.06. The molecule has 0 unspecified atom stereocenters. The fourth-order valence-corrected chi connectivity index (χ4v) is 1.48. The third-order valence-corrected chi connectivity index (χ3v) is 2.32. The molecule has 1 aromatic carbocycles. The summed E-state index contributed by atoms with van der Waals surface area (Å²) in [4.78, 5) is 23.0. The lowest BCUT2D eigenvalue weighted by Crippen LogP contribution is -2.18. The van der Waals surface area contributed by atoms with Crippen LogP contribution < -0.4 is 16.4 Å². The first kappa shape index (κ1) is 14.2. The Balaban J connectivity index is 2.73. The Morgan fingerprint density at radius 3 is 2.00 bits per heavy atom. The van der Waals surface area contributed by atoms with E-state index in [-0.39, 0.29) is 18.2 Å². The predicted octanol–water partition coefficient (Wildman–Crippen LogP) is 1.71. The second kappa shape index (κ2) is 7.45. The van der Waals surface area contributed by atoms with E-state index < -0.39 is 0 Å². The summed E-state index contributed by atoms with van der Waals surface area (Å²) in [5.74, 6) is -0.215. The molecule has 0 bridgehead atoms. The minimum absolute atomic E-state index is 0.0574. The fourth-order valence-electron chi connectivity index (χ4n) is 1.48. The molecule has 0 heterocycles. The van der Waals surface area contributed by atoms with Crippen LogP contribution in [0.5, 0.6) is 0 Å². The second-order valence-electron chi connectivity index (χ2n) is 3.93. The van der Waals surface area contributed by atoms with Gasteiger partial charge in [-0.3, -0.25) is 9.59 Å². The van der Waals surface area contributed by atoms with Gasteiger partial charge in [0.2, 0.25) is 11.8 Å². The summed E-state index contributed by atoms with van der Waals surface area (Å²) in [6.45, 7) is 2.24. The lowest BCUT2D eigenvalue weighted by molar-refractivity contribution is -0.117. The average molecular weight is 249 g/mol. The zero-order chi connectivity index (χ0) is 13.4. The van der Waals surface area contributed by atoms with Crippen LogP contribution >= 0.6 is 0 Å². The Morgan fingerprint density at radius 2 is 1.56 bits per heavy atom. The van der Waals surface area contributed by atoms with Gasteiger partial charge >= 0.3 is 0 Å². The maximum absolute atomic E-state index is 11.5. The highest BCUT2D eigenvalue weighted by molar-refractivity contribution is 5.99. The second-order valence-corrected chi connectivity index (χ2v) is 3.93. The van der Waals surface area contributed by atoms with Gasteiger partial charge in [0.1, 0.15) is 0 Å². The van der Waals surface area contributed by atoms with Gasteiger partial charge in [-0.15, -0.1) is 0 Å². The van der Waals surface area contributed by atoms with Crippen molar-refractivity contribution >= 4 is 23.2 Å². The molecule has 5 nitrogen and oxygen atoms in total. The molecule has 0 fully saturated rings. The molecule has 0 aromatic heterocycles. The number of anilines is 2. The Labute approximate surface area is 107 Å². The largest absolute Gasteiger partial charge is 0.330 e. The van der Waals surface area contributed by atoms with Gasteiger partial charge in [0.25, 0.3) is 0 Å². The summed E-state index contributed by atoms with van der Waals surface area (Å²) in [7, 11) is 0. The number of carbonyl (C=O) groups is 2. The number of nitrogens with two attached hydrogens (primary N) is 1. The van der Waals surface area contributed by atoms with Crippen LogP contribution in [0.2, 0.25) is 0 Å². The average Bonchev–Trinajstić information content (AvgIpc) is 2.32. The van der Waals surface area contributed by atoms with Crippen molar-refractivity contribution in [1.82, 2.24) is 0 Å². The molecule has 5 heteroatoms. The van der Waals surface area contributed by atoms with Crippen molar-refractivity contribution in [2.24, 2.45) is 5.73 Å². The van der Waals surface area contributed by atoms with Crippen LogP contribution in [-0.4, -0.2) is 18.4 Å². The van der Waals surface area contributed by atoms with E-state index in [0.717, 1.165) is 6.42 Å². The molecule has 0 aliphatic rings. The molecule has 0 spiro atoms. The number of hydrogen-bond donors (Lipinski definition) is 3. The van der Waals surface area contributed by atoms with Gasteiger partial charge in [0.15, 0.2) is 0 Å². The smallest absolute Gasteiger partial charge is 0.225 e. The number of amides is 2. The van der Waals surface area contributed by atoms with Crippen molar-refractivity contribution in [2.45, 2.75) is 26.2 Å². The number of hydrogen-bond acceptors (Lipinski definition) is 3. The van der Waals surface area contributed by atoms with E-state index in [1.54, 1.807) is 24.3 Å². The van der Waals surface area contributed by atoms with E-state index >= 15 is 0 Å². The first-order chi connectivity index (χ1) is 8.67. The normalized spacial score (nSPS) is 9.89. The molecule has 0 radical (unpaired) electrons. The minimum Gasteiger partial charge on any atom is -0.330 e. The highest BCUT2D eigenvalue weighted by atomic mass is 16.2. The third-order valence-electron chi connectivity index (χ3n) is 2.32. The molecule has 0 saturated carbocycles. The molecule has 1 aromatic rings. The van der Waals surface area contributed by atoms with E-state index in [0.29, 0.717) is 24.3 Å². The topological polar surface area (TPSA) is 84.2 Å². The van der Waals surface area contributed by atoms with E-state index in [4.69, 9.17) is 5.73 Å². The van der Waals surface area contributed by atoms with Gasteiger partial charge in [-0.1, -0.05) is 19.1 Å². The van der Waals surface area contributed by atoms with E-state index in [9.17, 15) is 9.59 Å². The van der Waals surface area contributed by atoms with Gasteiger partial charge in [-0.05, 0) is 18.6 Å². The van der Waals surface area contributed by atoms with Crippen molar-refractivity contribution in [3.8, 4) is 0 Å². The monoisotopic (exact) mass is 249 g/mol. The van der Waals surface area contributed by atoms with Crippen molar-refractivity contribution in [2.75, 3.05) is 17.2 Å². The molecule has 2 amide bonds. The summed E-state index contributed by atoms with van der Waals surface area (Å²) in [5, 5.41) is 5.50. The van der Waals surface area contributed by atoms with Crippen LogP contribution in [0.1, 0.15) is 26.2 Å². The maximum atomic E-state index is 11.5. The van der Waals surface area contributed by atoms with Gasteiger partial charge in [0.05, 0.1) is 11.4 Å². The molecule has 0 saturated heterocycles. The number of nitrogens with one attached hydrogen (secondary N) is 2. The van der Waals surface area contributed by atoms with Gasteiger partial charge in [-0.25, -0.2) is 0 Å². The lowest BCUT2D eigenvalue weighted by atomic mass is 10.2. The zero-order valence-electron chi connectivity index (χ0n) is 10.5. The Kier molecular flexibility index (Phi) is 5.87. The van der Waals surface area contributed by atoms with Crippen LogP contribution in [0.25, 0.3) is 0 Å². The number of rotatable bonds is 6. The predicted molar refractivity (Wildman–Crippen MR) is 72.3 cm³/mol. The maximum Gasteiger partial charge on any atom is 0.225 e. The van der Waals surface area contributed by atoms with Gasteiger partial charge < -0.3 is 16.4 Å². The summed E-state index contributed by atoms with van der Waals surface area (Å²) in [5.41, 5.74) is 6.52. The number of para-hydroxylation sites is 2. The third kappa shape index (κ3) is 4.55. The van der Waals surface area contributed by atoms with Gasteiger partial charge in [0, 0.05) is 19.4 Å². The van der Waals surface area contributed by atoms with E-state index in [1.807, 2.05) is 6.92 Å². The van der Waals surface area contributed by atoms with E-state index in [1.165, 1.54) is 0 Å². The van der Waals surface area contributed by atoms with E-state index in [2.05, 4.69) is 10.6 Å². The van der Waals surface area contributed by atoms with Crippen LogP contribution in [0, 0.1) is 0 Å². The minimum atomic E-state index is -0.158. The zero-order valence-corrected chi connectivity index (χ0v) is 10.5. The first-order valence-corrected chi connectivity index (χ1v) is 6.06. The number of benzene rings is 1. The SMILES string of the molecule is CCCC(=O)Nc1ccccc1NC(=O)CCN. The molecule has 0 aliphatic carbocycles. The van der Waals surface area contributed by atoms with Crippen molar-refractivity contribution < 1.29 is 9.59 Å². The molecule has 0 atom stereocenters. The van der Waals surface area contributed by atoms with Crippen molar-refractivity contribution in [3.63, 3.8) is 0 Å². The van der Waals surface area contributed by atoms with Crippen molar-refractivity contribution in [3.05, 3.63) is 24.3 Å². The summed E-state index contributed by atoms with van der Waals surface area (Å²) in [6, 6.07) is 7.11. The molecular formula is C13H19N3O2. The quantitative estimate of drug-likeness (QED) is 0.717. The highest BCUT2D eigenvalue weighted by Crippen LogP contribution is 2.21. The molecule has 4 N–H and O–H groups in total. The van der Waals surface area contributed by atoms with Crippen LogP contribution in [0.3, 0.4) is 0 Å². The summed E-state index contributed by atoms with van der Waals surface area (Å²) in [6.07, 6.45) is 1.51. The van der Waals surface area contributed by atoms with Crippen LogP contribution in [0.15, 0.2) is 24.3 Å². The summed E-state index contributed by atoms with van der Waals surface area (Å²) < 4.78 is 0. The van der Waals surface area contributed by atoms with Crippen LogP contribution in [-0.2, 0) is 9.59 Å². The van der Waals surface area contributed by atoms with Crippen molar-refractivity contribution in [1.29, 1.82) is 0 Å². The molecule has 18 heavy (non-hydrogen) atoms. The Bertz CT molecular complexity index is 379. The number of carbonyl (C=O) groups excluding carboxylic acids is 2. The summed E-state index contributed by atoms with van der Waals surface area (Å²) >= 11 is 0. The van der Waals surface area contributed by atoms with Crippen LogP contribution in [0.4, 0.5) is 11.4 Å². The lowest BCUT2D eigenvalue weighted by Gasteiger charge is -2.11. The fraction of sp³-hybridized carbons (Fsp3) is 0.385. The molecule has 1 rings (SSSR count). The Hall–Kier alpha value is -1.88.